The van der Waals surface area contributed by atoms with Gasteiger partial charge in [0.2, 0.25) is 0 Å². The Morgan fingerprint density at radius 3 is 0.597 bits per heavy atom. The maximum Gasteiger partial charge on any atom is 0.0913 e. The van der Waals surface area contributed by atoms with E-state index < -0.39 is 0 Å². The van der Waals surface area contributed by atoms with Crippen LogP contribution >= 0.6 is 0 Å². The number of hydrogen-bond donors (Lipinski definition) is 4. The highest BCUT2D eigenvalue weighted by molar-refractivity contribution is 4.60. The molecule has 0 aliphatic rings. The van der Waals surface area contributed by atoms with Crippen molar-refractivity contribution in [3.8, 4) is 0 Å². The molecule has 0 fully saturated rings. The summed E-state index contributed by atoms with van der Waals surface area (Å²) in [6.45, 7) is 19.5. The molecule has 0 saturated carbocycles. The summed E-state index contributed by atoms with van der Waals surface area (Å²) in [5, 5.41) is 10.9. The van der Waals surface area contributed by atoms with Gasteiger partial charge in [-0.1, -0.05) is 290 Å². The van der Waals surface area contributed by atoms with Crippen LogP contribution in [0.3, 0.4) is 0 Å². The average molecular weight is 948 g/mol. The van der Waals surface area contributed by atoms with E-state index in [0.29, 0.717) is 0 Å². The van der Waals surface area contributed by atoms with E-state index in [-0.39, 0.29) is 0 Å². The van der Waals surface area contributed by atoms with E-state index in [9.17, 15) is 0 Å². The Bertz CT molecular complexity index is 763. The third-order valence-corrected chi connectivity index (χ3v) is 15.5. The SMILES string of the molecule is CCCCCCCCCCCCCCCCCC[N+](CCCCCCCCCCCCCCCCCC)(CCCCCCCCCCCCCCCCCC)CCNCCNCCNCCN. The highest BCUT2D eigenvalue weighted by Crippen LogP contribution is 2.21. The van der Waals surface area contributed by atoms with Gasteiger partial charge in [0.15, 0.2) is 0 Å². The third-order valence-electron chi connectivity index (χ3n) is 15.5. The minimum absolute atomic E-state index is 0.722. The van der Waals surface area contributed by atoms with Gasteiger partial charge in [-0.05, 0) is 38.5 Å². The van der Waals surface area contributed by atoms with Crippen molar-refractivity contribution in [2.24, 2.45) is 5.73 Å². The lowest BCUT2D eigenvalue weighted by Gasteiger charge is -2.39. The number of rotatable bonds is 62. The van der Waals surface area contributed by atoms with Crippen LogP contribution in [0.15, 0.2) is 0 Å². The maximum absolute atomic E-state index is 5.65. The zero-order valence-corrected chi connectivity index (χ0v) is 47.2. The summed E-state index contributed by atoms with van der Waals surface area (Å²) >= 11 is 0. The summed E-state index contributed by atoms with van der Waals surface area (Å²) in [7, 11) is 0. The minimum Gasteiger partial charge on any atom is -0.329 e. The Labute approximate surface area is 425 Å². The Morgan fingerprint density at radius 2 is 0.388 bits per heavy atom. The summed E-state index contributed by atoms with van der Waals surface area (Å²) in [6.07, 6.45) is 70.0. The van der Waals surface area contributed by atoms with Crippen molar-refractivity contribution in [1.82, 2.24) is 16.0 Å². The van der Waals surface area contributed by atoms with Crippen LogP contribution < -0.4 is 21.7 Å². The first-order chi connectivity index (χ1) is 33.2. The molecule has 0 spiro atoms. The highest BCUT2D eigenvalue weighted by atomic mass is 15.4. The molecule has 0 atom stereocenters. The molecule has 404 valence electrons. The van der Waals surface area contributed by atoms with E-state index in [1.54, 1.807) is 0 Å². The smallest absolute Gasteiger partial charge is 0.0913 e. The molecule has 0 aromatic carbocycles. The Morgan fingerprint density at radius 1 is 0.209 bits per heavy atom. The molecule has 67 heavy (non-hydrogen) atoms. The topological polar surface area (TPSA) is 62.1 Å². The minimum atomic E-state index is 0.722. The van der Waals surface area contributed by atoms with E-state index in [4.69, 9.17) is 5.73 Å². The number of nitrogens with one attached hydrogen (secondary N) is 3. The second kappa shape index (κ2) is 60.1. The van der Waals surface area contributed by atoms with Gasteiger partial charge in [0.05, 0.1) is 26.2 Å². The zero-order chi connectivity index (χ0) is 48.3. The molecule has 0 saturated heterocycles. The second-order valence-electron chi connectivity index (χ2n) is 22.2. The van der Waals surface area contributed by atoms with Crippen molar-refractivity contribution in [2.45, 2.75) is 329 Å². The quantitative estimate of drug-likeness (QED) is 0.0362. The van der Waals surface area contributed by atoms with Crippen LogP contribution in [0.4, 0.5) is 0 Å². The molecule has 0 aliphatic heterocycles. The molecule has 5 N–H and O–H groups in total. The van der Waals surface area contributed by atoms with Crippen LogP contribution in [0.1, 0.15) is 329 Å². The van der Waals surface area contributed by atoms with Crippen LogP contribution in [0.5, 0.6) is 0 Å². The summed E-state index contributed by atoms with van der Waals surface area (Å²) in [5.74, 6) is 0. The van der Waals surface area contributed by atoms with Gasteiger partial charge >= 0.3 is 0 Å². The fourth-order valence-corrected chi connectivity index (χ4v) is 10.8. The second-order valence-corrected chi connectivity index (χ2v) is 22.2. The van der Waals surface area contributed by atoms with Gasteiger partial charge in [0.25, 0.3) is 0 Å². The average Bonchev–Trinajstić information content (AvgIpc) is 3.34. The lowest BCUT2D eigenvalue weighted by Crippen LogP contribution is -2.53. The van der Waals surface area contributed by atoms with Crippen LogP contribution in [0, 0.1) is 0 Å². The number of hydrogen-bond acceptors (Lipinski definition) is 4. The van der Waals surface area contributed by atoms with E-state index in [2.05, 4.69) is 36.7 Å². The predicted molar refractivity (Wildman–Crippen MR) is 306 cm³/mol. The Kier molecular flexibility index (Phi) is 59.9. The molecule has 0 aliphatic carbocycles. The first-order valence-electron chi connectivity index (χ1n) is 31.9. The molecule has 5 nitrogen and oxygen atoms in total. The summed E-state index contributed by atoms with van der Waals surface area (Å²) < 4.78 is 1.39. The molecular formula is C62H132N5+. The molecule has 0 aromatic heterocycles. The van der Waals surface area contributed by atoms with E-state index in [1.807, 2.05) is 0 Å². The third kappa shape index (κ3) is 55.0. The molecule has 0 radical (unpaired) electrons. The van der Waals surface area contributed by atoms with Gasteiger partial charge in [0, 0.05) is 45.8 Å². The van der Waals surface area contributed by atoms with Crippen molar-refractivity contribution < 1.29 is 4.48 Å². The molecule has 0 unspecified atom stereocenters. The van der Waals surface area contributed by atoms with Crippen molar-refractivity contribution in [3.63, 3.8) is 0 Å². The van der Waals surface area contributed by atoms with Gasteiger partial charge in [-0.3, -0.25) is 0 Å². The molecular weight excluding hydrogens is 815 g/mol. The Hall–Kier alpha value is -0.200. The standard InChI is InChI=1S/C62H132N5/c1-4-7-10-13-16-19-22-25-28-31-34-37-40-43-46-49-59-67(62-58-66-57-56-65-55-54-64-53-52-63,60-50-47-44-41-38-35-32-29-26-23-20-17-14-11-8-5-2)61-51-48-45-42-39-36-33-30-27-24-21-18-15-12-9-6-3/h64-66H,4-63H2,1-3H3/q+1. The normalized spacial score (nSPS) is 12.0. The summed E-state index contributed by atoms with van der Waals surface area (Å²) in [4.78, 5) is 0. The molecule has 0 rings (SSSR count). The molecule has 0 amide bonds. The van der Waals surface area contributed by atoms with Crippen LogP contribution in [0.25, 0.3) is 0 Å². The summed E-state index contributed by atoms with van der Waals surface area (Å²) in [6, 6.07) is 0. The van der Waals surface area contributed by atoms with Gasteiger partial charge in [-0.25, -0.2) is 0 Å². The maximum atomic E-state index is 5.65. The lowest BCUT2D eigenvalue weighted by molar-refractivity contribution is -0.927. The van der Waals surface area contributed by atoms with Gasteiger partial charge in [0.1, 0.15) is 0 Å². The first-order valence-corrected chi connectivity index (χ1v) is 31.9. The number of nitrogens with two attached hydrogens (primary N) is 1. The van der Waals surface area contributed by atoms with Crippen molar-refractivity contribution in [2.75, 3.05) is 72.0 Å². The van der Waals surface area contributed by atoms with Crippen LogP contribution in [-0.4, -0.2) is 76.5 Å². The summed E-state index contributed by atoms with van der Waals surface area (Å²) in [5.41, 5.74) is 5.65. The van der Waals surface area contributed by atoms with Crippen molar-refractivity contribution >= 4 is 0 Å². The molecule has 0 bridgehead atoms. The predicted octanol–water partition coefficient (Wildman–Crippen LogP) is 18.3. The Balaban J connectivity index is 4.87. The molecule has 5 heteroatoms. The zero-order valence-electron chi connectivity index (χ0n) is 47.2. The fraction of sp³-hybridized carbons (Fsp3) is 1.00. The molecule has 0 aromatic rings. The monoisotopic (exact) mass is 947 g/mol. The largest absolute Gasteiger partial charge is 0.329 e. The van der Waals surface area contributed by atoms with Crippen molar-refractivity contribution in [1.29, 1.82) is 0 Å². The molecule has 0 heterocycles. The van der Waals surface area contributed by atoms with Gasteiger partial charge in [-0.15, -0.1) is 0 Å². The fourth-order valence-electron chi connectivity index (χ4n) is 10.8. The van der Waals surface area contributed by atoms with Crippen LogP contribution in [-0.2, 0) is 0 Å². The number of unbranched alkanes of at least 4 members (excludes halogenated alkanes) is 45. The first kappa shape index (κ1) is 66.8. The van der Waals surface area contributed by atoms with E-state index in [0.717, 1.165) is 39.3 Å². The van der Waals surface area contributed by atoms with Gasteiger partial charge in [-0.2, -0.15) is 0 Å². The number of quaternary nitrogens is 1. The van der Waals surface area contributed by atoms with E-state index >= 15 is 0 Å². The lowest BCUT2D eigenvalue weighted by atomic mass is 10.0. The number of nitrogens with zero attached hydrogens (tertiary/aromatic N) is 1. The van der Waals surface area contributed by atoms with Gasteiger partial charge < -0.3 is 26.2 Å². The highest BCUT2D eigenvalue weighted by Gasteiger charge is 2.26. The van der Waals surface area contributed by atoms with Crippen molar-refractivity contribution in [3.05, 3.63) is 0 Å². The van der Waals surface area contributed by atoms with E-state index in [1.165, 1.54) is 345 Å². The van der Waals surface area contributed by atoms with Crippen LogP contribution in [0.2, 0.25) is 0 Å².